The lowest BCUT2D eigenvalue weighted by molar-refractivity contribution is -0.0770. The molecule has 0 aliphatic carbocycles. The lowest BCUT2D eigenvalue weighted by Crippen LogP contribution is -2.63. The SMILES string of the molecule is CC(C)c1ccc([C@](O)(c2cncc(OCc3ccccc3)c2)C2(C)CNC2)cc1.Cl. The van der Waals surface area contributed by atoms with Crippen LogP contribution in [-0.2, 0) is 12.2 Å². The highest BCUT2D eigenvalue weighted by Gasteiger charge is 2.53. The molecule has 0 unspecified atom stereocenters. The molecule has 1 aromatic heterocycles. The smallest absolute Gasteiger partial charge is 0.138 e. The predicted octanol–water partition coefficient (Wildman–Crippen LogP) is 5.05. The van der Waals surface area contributed by atoms with E-state index in [0.717, 1.165) is 29.8 Å². The van der Waals surface area contributed by atoms with E-state index in [9.17, 15) is 5.11 Å². The maximum atomic E-state index is 12.1. The van der Waals surface area contributed by atoms with Gasteiger partial charge in [0.05, 0.1) is 6.20 Å². The lowest BCUT2D eigenvalue weighted by Gasteiger charge is -2.52. The second-order valence-corrected chi connectivity index (χ2v) is 8.83. The van der Waals surface area contributed by atoms with Crippen LogP contribution in [0.4, 0.5) is 0 Å². The van der Waals surface area contributed by atoms with Gasteiger partial charge in [0.1, 0.15) is 18.0 Å². The van der Waals surface area contributed by atoms with Crippen molar-refractivity contribution < 1.29 is 9.84 Å². The summed E-state index contributed by atoms with van der Waals surface area (Å²) in [5.41, 5.74) is 2.51. The zero-order valence-electron chi connectivity index (χ0n) is 18.3. The number of hydrogen-bond acceptors (Lipinski definition) is 4. The zero-order chi connectivity index (χ0) is 21.2. The standard InChI is InChI=1S/C26H30N2O2.ClH/c1-19(2)21-9-11-22(12-10-21)26(29,25(3)17-28-18-25)23-13-24(15-27-14-23)30-16-20-7-5-4-6-8-20;/h4-15,19,28-29H,16-18H2,1-3H3;1H/t26-;/m0./s1. The summed E-state index contributed by atoms with van der Waals surface area (Å²) in [6.45, 7) is 8.42. The first-order valence-corrected chi connectivity index (χ1v) is 10.6. The topological polar surface area (TPSA) is 54.4 Å². The van der Waals surface area contributed by atoms with Gasteiger partial charge in [-0.25, -0.2) is 0 Å². The molecule has 1 saturated heterocycles. The van der Waals surface area contributed by atoms with Crippen molar-refractivity contribution in [3.8, 4) is 5.75 Å². The van der Waals surface area contributed by atoms with Crippen molar-refractivity contribution in [2.45, 2.75) is 38.9 Å². The number of nitrogens with zero attached hydrogens (tertiary/aromatic N) is 1. The van der Waals surface area contributed by atoms with Crippen LogP contribution in [0.15, 0.2) is 73.1 Å². The van der Waals surface area contributed by atoms with Crippen LogP contribution in [0.2, 0.25) is 0 Å². The Morgan fingerprint density at radius 2 is 1.71 bits per heavy atom. The molecule has 0 bridgehead atoms. The van der Waals surface area contributed by atoms with Gasteiger partial charge in [0, 0.05) is 30.3 Å². The molecule has 2 heterocycles. The summed E-state index contributed by atoms with van der Waals surface area (Å²) in [4.78, 5) is 4.40. The fourth-order valence-electron chi connectivity index (χ4n) is 4.17. The molecular weight excluding hydrogens is 408 g/mol. The van der Waals surface area contributed by atoms with E-state index in [1.807, 2.05) is 36.4 Å². The molecule has 0 radical (unpaired) electrons. The molecular formula is C26H31ClN2O2. The fourth-order valence-corrected chi connectivity index (χ4v) is 4.17. The molecule has 5 heteroatoms. The van der Waals surface area contributed by atoms with Gasteiger partial charge in [-0.05, 0) is 28.7 Å². The Balaban J connectivity index is 0.00000272. The van der Waals surface area contributed by atoms with Gasteiger partial charge in [-0.3, -0.25) is 4.98 Å². The van der Waals surface area contributed by atoms with Crippen LogP contribution in [-0.4, -0.2) is 23.2 Å². The van der Waals surface area contributed by atoms with E-state index in [0.29, 0.717) is 18.3 Å². The summed E-state index contributed by atoms with van der Waals surface area (Å²) in [5, 5.41) is 15.5. The third-order valence-corrected chi connectivity index (χ3v) is 6.28. The van der Waals surface area contributed by atoms with Crippen LogP contribution in [0.1, 0.15) is 48.9 Å². The lowest BCUT2D eigenvalue weighted by atomic mass is 9.63. The van der Waals surface area contributed by atoms with Gasteiger partial charge in [-0.2, -0.15) is 0 Å². The van der Waals surface area contributed by atoms with Gasteiger partial charge in [-0.1, -0.05) is 75.4 Å². The Hall–Kier alpha value is -2.40. The van der Waals surface area contributed by atoms with E-state index < -0.39 is 5.60 Å². The number of benzene rings is 2. The molecule has 0 saturated carbocycles. The van der Waals surface area contributed by atoms with Crippen molar-refractivity contribution in [1.29, 1.82) is 0 Å². The van der Waals surface area contributed by atoms with E-state index in [1.54, 1.807) is 12.4 Å². The number of pyridine rings is 1. The highest BCUT2D eigenvalue weighted by molar-refractivity contribution is 5.85. The second-order valence-electron chi connectivity index (χ2n) is 8.83. The normalized spacial score (nSPS) is 16.7. The maximum absolute atomic E-state index is 12.1. The number of hydrogen-bond donors (Lipinski definition) is 2. The monoisotopic (exact) mass is 438 g/mol. The number of aliphatic hydroxyl groups is 1. The Kier molecular flexibility index (Phi) is 7.05. The van der Waals surface area contributed by atoms with Crippen LogP contribution in [0.25, 0.3) is 0 Å². The van der Waals surface area contributed by atoms with Gasteiger partial charge < -0.3 is 15.2 Å². The molecule has 1 fully saturated rings. The first-order valence-electron chi connectivity index (χ1n) is 10.6. The van der Waals surface area contributed by atoms with Gasteiger partial charge in [-0.15, -0.1) is 12.4 Å². The van der Waals surface area contributed by atoms with Crippen molar-refractivity contribution in [2.24, 2.45) is 5.41 Å². The van der Waals surface area contributed by atoms with Crippen LogP contribution < -0.4 is 10.1 Å². The summed E-state index contributed by atoms with van der Waals surface area (Å²) < 4.78 is 5.99. The largest absolute Gasteiger partial charge is 0.487 e. The zero-order valence-corrected chi connectivity index (χ0v) is 19.2. The summed E-state index contributed by atoms with van der Waals surface area (Å²) in [7, 11) is 0. The van der Waals surface area contributed by atoms with Crippen molar-refractivity contribution in [1.82, 2.24) is 10.3 Å². The van der Waals surface area contributed by atoms with E-state index in [1.165, 1.54) is 5.56 Å². The molecule has 0 spiro atoms. The van der Waals surface area contributed by atoms with Gasteiger partial charge in [0.2, 0.25) is 0 Å². The highest BCUT2D eigenvalue weighted by atomic mass is 35.5. The van der Waals surface area contributed by atoms with Crippen molar-refractivity contribution in [3.05, 3.63) is 95.3 Å². The summed E-state index contributed by atoms with van der Waals surface area (Å²) in [5.74, 6) is 1.11. The number of ether oxygens (including phenoxy) is 1. The average molecular weight is 439 g/mol. The summed E-state index contributed by atoms with van der Waals surface area (Å²) in [6.07, 6.45) is 3.46. The number of rotatable bonds is 7. The van der Waals surface area contributed by atoms with Gasteiger partial charge in [0.15, 0.2) is 0 Å². The number of aromatic nitrogens is 1. The minimum atomic E-state index is -1.16. The van der Waals surface area contributed by atoms with Crippen molar-refractivity contribution in [3.63, 3.8) is 0 Å². The third kappa shape index (κ3) is 4.47. The van der Waals surface area contributed by atoms with E-state index >= 15 is 0 Å². The number of halogens is 1. The molecule has 4 rings (SSSR count). The molecule has 1 atom stereocenters. The Morgan fingerprint density at radius 3 is 2.29 bits per heavy atom. The Morgan fingerprint density at radius 1 is 1.03 bits per heavy atom. The fraction of sp³-hybridized carbons (Fsp3) is 0.346. The molecule has 2 aromatic carbocycles. The minimum Gasteiger partial charge on any atom is -0.487 e. The van der Waals surface area contributed by atoms with Crippen LogP contribution in [0.3, 0.4) is 0 Å². The molecule has 2 N–H and O–H groups in total. The van der Waals surface area contributed by atoms with E-state index in [4.69, 9.17) is 4.74 Å². The first kappa shape index (κ1) is 23.3. The highest BCUT2D eigenvalue weighted by Crippen LogP contribution is 2.48. The molecule has 31 heavy (non-hydrogen) atoms. The van der Waals surface area contributed by atoms with E-state index in [2.05, 4.69) is 55.3 Å². The molecule has 1 aliphatic rings. The predicted molar refractivity (Wildman–Crippen MR) is 127 cm³/mol. The molecule has 1 aliphatic heterocycles. The Bertz CT molecular complexity index is 988. The second kappa shape index (κ2) is 9.39. The van der Waals surface area contributed by atoms with Crippen molar-refractivity contribution >= 4 is 12.4 Å². The van der Waals surface area contributed by atoms with Gasteiger partial charge >= 0.3 is 0 Å². The quantitative estimate of drug-likeness (QED) is 0.542. The van der Waals surface area contributed by atoms with Crippen LogP contribution in [0, 0.1) is 5.41 Å². The minimum absolute atomic E-state index is 0. The molecule has 3 aromatic rings. The number of nitrogens with one attached hydrogen (secondary N) is 1. The van der Waals surface area contributed by atoms with Gasteiger partial charge in [0.25, 0.3) is 0 Å². The maximum Gasteiger partial charge on any atom is 0.138 e. The van der Waals surface area contributed by atoms with E-state index in [-0.39, 0.29) is 17.8 Å². The summed E-state index contributed by atoms with van der Waals surface area (Å²) >= 11 is 0. The average Bonchev–Trinajstić information content (AvgIpc) is 2.76. The Labute approximate surface area is 191 Å². The van der Waals surface area contributed by atoms with Crippen molar-refractivity contribution in [2.75, 3.05) is 13.1 Å². The molecule has 164 valence electrons. The van der Waals surface area contributed by atoms with Crippen LogP contribution >= 0.6 is 12.4 Å². The molecule has 0 amide bonds. The molecule has 4 nitrogen and oxygen atoms in total. The first-order chi connectivity index (χ1) is 14.4. The summed E-state index contributed by atoms with van der Waals surface area (Å²) in [6, 6.07) is 20.3. The van der Waals surface area contributed by atoms with Crippen LogP contribution in [0.5, 0.6) is 5.75 Å². The third-order valence-electron chi connectivity index (χ3n) is 6.28.